The van der Waals surface area contributed by atoms with E-state index in [4.69, 9.17) is 11.6 Å². The maximum absolute atomic E-state index is 13.3. The summed E-state index contributed by atoms with van der Waals surface area (Å²) in [6, 6.07) is 3.35. The molecule has 1 rings (SSSR count). The number of hydrogen-bond donors (Lipinski definition) is 1. The quantitative estimate of drug-likeness (QED) is 0.838. The van der Waals surface area contributed by atoms with E-state index in [0.717, 1.165) is 0 Å². The van der Waals surface area contributed by atoms with E-state index < -0.39 is 17.7 Å². The lowest BCUT2D eigenvalue weighted by Crippen LogP contribution is -2.21. The Morgan fingerprint density at radius 2 is 2.00 bits per heavy atom. The van der Waals surface area contributed by atoms with Gasteiger partial charge in [0.15, 0.2) is 0 Å². The zero-order chi connectivity index (χ0) is 11.4. The Balaban J connectivity index is 2.81. The molecule has 0 aliphatic carbocycles. The minimum absolute atomic E-state index is 0.0235. The number of hydrogen-bond acceptors (Lipinski definition) is 1. The Bertz CT molecular complexity index is 345. The molecule has 1 aromatic carbocycles. The molecule has 0 aromatic heterocycles. The van der Waals surface area contributed by atoms with Gasteiger partial charge in [-0.3, -0.25) is 0 Å². The van der Waals surface area contributed by atoms with Crippen LogP contribution >= 0.6 is 11.6 Å². The monoisotopic (exact) mass is 231 g/mol. The van der Waals surface area contributed by atoms with Gasteiger partial charge in [-0.2, -0.15) is 0 Å². The minimum Gasteiger partial charge on any atom is -0.305 e. The van der Waals surface area contributed by atoms with Crippen LogP contribution in [0.4, 0.5) is 8.78 Å². The molecule has 1 unspecified atom stereocenters. The smallest absolute Gasteiger partial charge is 0.130 e. The second-order valence-electron chi connectivity index (χ2n) is 3.26. The molecule has 0 aliphatic rings. The van der Waals surface area contributed by atoms with Crippen molar-refractivity contribution in [2.24, 2.45) is 0 Å². The lowest BCUT2D eigenvalue weighted by Gasteiger charge is -2.15. The van der Waals surface area contributed by atoms with Gasteiger partial charge >= 0.3 is 0 Å². The summed E-state index contributed by atoms with van der Waals surface area (Å²) in [4.78, 5) is 0. The number of nitrogens with one attached hydrogen (secondary N) is 1. The van der Waals surface area contributed by atoms with Crippen molar-refractivity contribution >= 4 is 11.6 Å². The molecular formula is C11H12ClF2N. The van der Waals surface area contributed by atoms with Gasteiger partial charge in [-0.05, 0) is 19.1 Å². The van der Waals surface area contributed by atoms with Crippen LogP contribution in [0.15, 0.2) is 29.8 Å². The lowest BCUT2D eigenvalue weighted by atomic mass is 10.1. The van der Waals surface area contributed by atoms with E-state index in [1.807, 2.05) is 0 Å². The molecule has 0 saturated carbocycles. The molecule has 1 nitrogen and oxygen atoms in total. The lowest BCUT2D eigenvalue weighted by molar-refractivity contribution is 0.501. The highest BCUT2D eigenvalue weighted by Crippen LogP contribution is 2.20. The highest BCUT2D eigenvalue weighted by Gasteiger charge is 2.14. The maximum Gasteiger partial charge on any atom is 0.130 e. The molecule has 15 heavy (non-hydrogen) atoms. The summed E-state index contributed by atoms with van der Waals surface area (Å²) in [5.74, 6) is -1.12. The van der Waals surface area contributed by atoms with Gasteiger partial charge in [-0.15, -0.1) is 0 Å². The Labute approximate surface area is 92.8 Å². The van der Waals surface area contributed by atoms with Crippen LogP contribution in [0.5, 0.6) is 0 Å². The fraction of sp³-hybridized carbons (Fsp3) is 0.273. The van der Waals surface area contributed by atoms with Gasteiger partial charge in [0.25, 0.3) is 0 Å². The van der Waals surface area contributed by atoms with Crippen LogP contribution in [0.25, 0.3) is 0 Å². The average molecular weight is 232 g/mol. The third kappa shape index (κ3) is 3.29. The molecule has 0 spiro atoms. The van der Waals surface area contributed by atoms with E-state index in [9.17, 15) is 8.78 Å². The SMILES string of the molecule is C=C(Cl)CNC(C)c1c(F)cccc1F. The van der Waals surface area contributed by atoms with Crippen molar-refractivity contribution in [3.8, 4) is 0 Å². The van der Waals surface area contributed by atoms with Crippen LogP contribution in [0, 0.1) is 11.6 Å². The first kappa shape index (κ1) is 12.1. The summed E-state index contributed by atoms with van der Waals surface area (Å²) in [7, 11) is 0. The summed E-state index contributed by atoms with van der Waals surface area (Å²) in [6.45, 7) is 5.46. The van der Waals surface area contributed by atoms with Gasteiger partial charge in [-0.25, -0.2) is 8.78 Å². The van der Waals surface area contributed by atoms with Crippen molar-refractivity contribution in [3.63, 3.8) is 0 Å². The Hall–Kier alpha value is -0.930. The summed E-state index contributed by atoms with van der Waals surface area (Å²) >= 11 is 5.54. The van der Waals surface area contributed by atoms with E-state index in [-0.39, 0.29) is 5.56 Å². The topological polar surface area (TPSA) is 12.0 Å². The third-order valence-electron chi connectivity index (χ3n) is 2.03. The normalized spacial score (nSPS) is 12.5. The molecule has 1 atom stereocenters. The highest BCUT2D eigenvalue weighted by molar-refractivity contribution is 6.29. The summed E-state index contributed by atoms with van der Waals surface area (Å²) in [6.07, 6.45) is 0. The third-order valence-corrected chi connectivity index (χ3v) is 2.17. The number of halogens is 3. The van der Waals surface area contributed by atoms with Crippen LogP contribution in [0.2, 0.25) is 0 Å². The predicted octanol–water partition coefficient (Wildman–Crippen LogP) is 3.37. The Morgan fingerprint density at radius 1 is 1.47 bits per heavy atom. The molecule has 1 aromatic rings. The highest BCUT2D eigenvalue weighted by atomic mass is 35.5. The fourth-order valence-electron chi connectivity index (χ4n) is 1.29. The van der Waals surface area contributed by atoms with E-state index in [1.165, 1.54) is 18.2 Å². The fourth-order valence-corrected chi connectivity index (χ4v) is 1.37. The molecule has 0 saturated heterocycles. The van der Waals surface area contributed by atoms with Crippen molar-refractivity contribution in [3.05, 3.63) is 47.0 Å². The van der Waals surface area contributed by atoms with Gasteiger partial charge in [0.05, 0.1) is 0 Å². The van der Waals surface area contributed by atoms with Crippen molar-refractivity contribution in [2.45, 2.75) is 13.0 Å². The Morgan fingerprint density at radius 3 is 2.47 bits per heavy atom. The van der Waals surface area contributed by atoms with E-state index in [0.29, 0.717) is 11.6 Å². The largest absolute Gasteiger partial charge is 0.305 e. The first-order valence-corrected chi connectivity index (χ1v) is 4.90. The Kier molecular flexibility index (Phi) is 4.24. The first-order chi connectivity index (χ1) is 7.02. The van der Waals surface area contributed by atoms with Gasteiger partial charge in [0, 0.05) is 23.2 Å². The predicted molar refractivity (Wildman–Crippen MR) is 57.8 cm³/mol. The van der Waals surface area contributed by atoms with Crippen molar-refractivity contribution < 1.29 is 8.78 Å². The van der Waals surface area contributed by atoms with Crippen LogP contribution in [0.1, 0.15) is 18.5 Å². The summed E-state index contributed by atoms with van der Waals surface area (Å²) in [5.41, 5.74) is 0.0235. The zero-order valence-electron chi connectivity index (χ0n) is 8.36. The minimum atomic E-state index is -0.560. The molecule has 0 aliphatic heterocycles. The molecule has 0 heterocycles. The van der Waals surface area contributed by atoms with Crippen molar-refractivity contribution in [2.75, 3.05) is 6.54 Å². The number of rotatable bonds is 4. The van der Waals surface area contributed by atoms with Crippen LogP contribution in [-0.2, 0) is 0 Å². The zero-order valence-corrected chi connectivity index (χ0v) is 9.11. The van der Waals surface area contributed by atoms with Crippen molar-refractivity contribution in [1.29, 1.82) is 0 Å². The van der Waals surface area contributed by atoms with E-state index in [2.05, 4.69) is 11.9 Å². The number of benzene rings is 1. The first-order valence-electron chi connectivity index (χ1n) is 4.53. The van der Waals surface area contributed by atoms with Crippen LogP contribution in [0.3, 0.4) is 0 Å². The summed E-state index contributed by atoms with van der Waals surface area (Å²) in [5, 5.41) is 3.27. The second-order valence-corrected chi connectivity index (χ2v) is 3.79. The molecule has 82 valence electrons. The molecule has 0 amide bonds. The molecule has 0 bridgehead atoms. The van der Waals surface area contributed by atoms with Gasteiger partial charge in [-0.1, -0.05) is 24.2 Å². The van der Waals surface area contributed by atoms with Gasteiger partial charge in [0.1, 0.15) is 11.6 Å². The van der Waals surface area contributed by atoms with Crippen molar-refractivity contribution in [1.82, 2.24) is 5.32 Å². The van der Waals surface area contributed by atoms with E-state index in [1.54, 1.807) is 6.92 Å². The second kappa shape index (κ2) is 5.24. The summed E-state index contributed by atoms with van der Waals surface area (Å²) < 4.78 is 26.6. The van der Waals surface area contributed by atoms with Gasteiger partial charge in [0.2, 0.25) is 0 Å². The molecular weight excluding hydrogens is 220 g/mol. The van der Waals surface area contributed by atoms with Crippen LogP contribution < -0.4 is 5.32 Å². The standard InChI is InChI=1S/C11H12ClF2N/c1-7(12)6-15-8(2)11-9(13)4-3-5-10(11)14/h3-5,8,15H,1,6H2,2H3. The molecule has 1 N–H and O–H groups in total. The average Bonchev–Trinajstić information content (AvgIpc) is 2.14. The van der Waals surface area contributed by atoms with E-state index >= 15 is 0 Å². The molecule has 4 heteroatoms. The van der Waals surface area contributed by atoms with Gasteiger partial charge < -0.3 is 5.32 Å². The van der Waals surface area contributed by atoms with Crippen LogP contribution in [-0.4, -0.2) is 6.54 Å². The maximum atomic E-state index is 13.3. The molecule has 0 radical (unpaired) electrons. The molecule has 0 fully saturated rings.